The van der Waals surface area contributed by atoms with Crippen LogP contribution in [-0.2, 0) is 18.6 Å². The Morgan fingerprint density at radius 1 is 1.17 bits per heavy atom. The van der Waals surface area contributed by atoms with Gasteiger partial charge in [0.1, 0.15) is 5.60 Å². The van der Waals surface area contributed by atoms with Crippen LogP contribution >= 0.6 is 0 Å². The van der Waals surface area contributed by atoms with Crippen molar-refractivity contribution in [1.82, 2.24) is 5.32 Å². The summed E-state index contributed by atoms with van der Waals surface area (Å²) in [6.45, 7) is 0.748. The van der Waals surface area contributed by atoms with Crippen LogP contribution in [0.25, 0.3) is 0 Å². The average molecular weight is 312 g/mol. The summed E-state index contributed by atoms with van der Waals surface area (Å²) >= 11 is 0. The maximum absolute atomic E-state index is 11.0. The normalized spacial score (nSPS) is 20.0. The van der Waals surface area contributed by atoms with Crippen molar-refractivity contribution in [3.63, 3.8) is 0 Å². The summed E-state index contributed by atoms with van der Waals surface area (Å²) in [5.74, 6) is 0. The summed E-state index contributed by atoms with van der Waals surface area (Å²) < 4.78 is 0. The van der Waals surface area contributed by atoms with E-state index in [1.54, 1.807) is 18.2 Å². The van der Waals surface area contributed by atoms with Gasteiger partial charge in [-0.05, 0) is 30.4 Å². The maximum Gasteiger partial charge on any atom is 0.273 e. The largest absolute Gasteiger partial charge is 0.384 e. The molecule has 0 aromatic heterocycles. The van der Waals surface area contributed by atoms with Crippen LogP contribution in [0.3, 0.4) is 0 Å². The van der Waals surface area contributed by atoms with Crippen molar-refractivity contribution in [2.75, 3.05) is 6.54 Å². The van der Waals surface area contributed by atoms with Gasteiger partial charge in [0.25, 0.3) is 5.69 Å². The van der Waals surface area contributed by atoms with Crippen LogP contribution in [0.1, 0.15) is 29.5 Å². The lowest BCUT2D eigenvalue weighted by atomic mass is 9.79. The van der Waals surface area contributed by atoms with Crippen molar-refractivity contribution >= 4 is 5.69 Å². The van der Waals surface area contributed by atoms with Gasteiger partial charge in [-0.2, -0.15) is 0 Å². The Hall–Kier alpha value is -2.24. The average Bonchev–Trinajstić information content (AvgIpc) is 2.55. The predicted molar refractivity (Wildman–Crippen MR) is 88.1 cm³/mol. The van der Waals surface area contributed by atoms with E-state index in [4.69, 9.17) is 0 Å². The number of benzene rings is 2. The van der Waals surface area contributed by atoms with Crippen LogP contribution in [0.15, 0.2) is 48.5 Å². The lowest BCUT2D eigenvalue weighted by Crippen LogP contribution is -2.40. The first-order chi connectivity index (χ1) is 11.1. The molecule has 1 unspecified atom stereocenters. The van der Waals surface area contributed by atoms with Crippen molar-refractivity contribution < 1.29 is 10.0 Å². The smallest absolute Gasteiger partial charge is 0.273 e. The third-order valence-corrected chi connectivity index (χ3v) is 4.48. The molecule has 3 rings (SSSR count). The Labute approximate surface area is 135 Å². The predicted octanol–water partition coefficient (Wildman–Crippen LogP) is 2.91. The van der Waals surface area contributed by atoms with Gasteiger partial charge in [0.2, 0.25) is 0 Å². The van der Waals surface area contributed by atoms with Crippen molar-refractivity contribution in [1.29, 1.82) is 0 Å². The van der Waals surface area contributed by atoms with E-state index in [2.05, 4.69) is 11.4 Å². The van der Waals surface area contributed by atoms with Crippen LogP contribution in [0.5, 0.6) is 0 Å². The molecular formula is C18H20N2O3. The van der Waals surface area contributed by atoms with E-state index in [0.29, 0.717) is 25.1 Å². The van der Waals surface area contributed by atoms with Gasteiger partial charge in [-0.1, -0.05) is 42.5 Å². The minimum absolute atomic E-state index is 0.107. The van der Waals surface area contributed by atoms with Gasteiger partial charge >= 0.3 is 0 Å². The molecule has 2 aromatic rings. The number of nitrogens with one attached hydrogen (secondary N) is 1. The number of hydrogen-bond acceptors (Lipinski definition) is 4. The third kappa shape index (κ3) is 3.25. The Balaban J connectivity index is 1.71. The Morgan fingerprint density at radius 2 is 1.91 bits per heavy atom. The SMILES string of the molecule is O=[N+]([O-])c1ccccc1CNCC1(O)CCCc2ccccc21. The zero-order valence-electron chi connectivity index (χ0n) is 12.9. The molecule has 23 heavy (non-hydrogen) atoms. The van der Waals surface area contributed by atoms with Gasteiger partial charge in [0.05, 0.1) is 4.92 Å². The highest BCUT2D eigenvalue weighted by Crippen LogP contribution is 2.34. The van der Waals surface area contributed by atoms with E-state index in [0.717, 1.165) is 18.4 Å². The summed E-state index contributed by atoms with van der Waals surface area (Å²) in [7, 11) is 0. The second-order valence-electron chi connectivity index (χ2n) is 6.03. The van der Waals surface area contributed by atoms with E-state index in [-0.39, 0.29) is 10.6 Å². The molecule has 1 aliphatic carbocycles. The van der Waals surface area contributed by atoms with Crippen molar-refractivity contribution in [2.24, 2.45) is 0 Å². The fourth-order valence-corrected chi connectivity index (χ4v) is 3.32. The highest BCUT2D eigenvalue weighted by Gasteiger charge is 2.33. The number of hydrogen-bond donors (Lipinski definition) is 2. The molecule has 0 saturated carbocycles. The van der Waals surface area contributed by atoms with Crippen LogP contribution in [0.4, 0.5) is 5.69 Å². The van der Waals surface area contributed by atoms with E-state index in [1.165, 1.54) is 11.6 Å². The number of aryl methyl sites for hydroxylation is 1. The number of aliphatic hydroxyl groups is 1. The monoisotopic (exact) mass is 312 g/mol. The molecule has 0 heterocycles. The number of fused-ring (bicyclic) bond motifs is 1. The minimum atomic E-state index is -0.904. The van der Waals surface area contributed by atoms with E-state index in [9.17, 15) is 15.2 Å². The minimum Gasteiger partial charge on any atom is -0.384 e. The van der Waals surface area contributed by atoms with Gasteiger partial charge in [0.15, 0.2) is 0 Å². The molecule has 0 aliphatic heterocycles. The van der Waals surface area contributed by atoms with Gasteiger partial charge in [-0.3, -0.25) is 10.1 Å². The summed E-state index contributed by atoms with van der Waals surface area (Å²) in [4.78, 5) is 10.7. The summed E-state index contributed by atoms with van der Waals surface area (Å²) in [6, 6.07) is 14.7. The molecule has 2 aromatic carbocycles. The first-order valence-electron chi connectivity index (χ1n) is 7.84. The summed E-state index contributed by atoms with van der Waals surface area (Å²) in [5.41, 5.74) is 1.99. The molecule has 2 N–H and O–H groups in total. The van der Waals surface area contributed by atoms with Crippen molar-refractivity contribution in [2.45, 2.75) is 31.4 Å². The zero-order chi connectivity index (χ0) is 16.3. The molecule has 5 nitrogen and oxygen atoms in total. The highest BCUT2D eigenvalue weighted by molar-refractivity contribution is 5.40. The van der Waals surface area contributed by atoms with Gasteiger partial charge < -0.3 is 10.4 Å². The molecule has 0 saturated heterocycles. The quantitative estimate of drug-likeness (QED) is 0.657. The van der Waals surface area contributed by atoms with E-state index >= 15 is 0 Å². The molecule has 5 heteroatoms. The van der Waals surface area contributed by atoms with Gasteiger partial charge in [-0.25, -0.2) is 0 Å². The van der Waals surface area contributed by atoms with Crippen LogP contribution in [0, 0.1) is 10.1 Å². The topological polar surface area (TPSA) is 75.4 Å². The maximum atomic E-state index is 11.0. The molecule has 0 bridgehead atoms. The first-order valence-corrected chi connectivity index (χ1v) is 7.84. The lowest BCUT2D eigenvalue weighted by Gasteiger charge is -2.34. The second-order valence-corrected chi connectivity index (χ2v) is 6.03. The summed E-state index contributed by atoms with van der Waals surface area (Å²) in [6.07, 6.45) is 2.64. The Kier molecular flexibility index (Phi) is 4.41. The molecule has 120 valence electrons. The first kappa shape index (κ1) is 15.6. The second kappa shape index (κ2) is 6.48. The van der Waals surface area contributed by atoms with Crippen LogP contribution in [-0.4, -0.2) is 16.6 Å². The number of rotatable bonds is 5. The lowest BCUT2D eigenvalue weighted by molar-refractivity contribution is -0.385. The number of nitrogens with zero attached hydrogens (tertiary/aromatic N) is 1. The molecule has 0 fully saturated rings. The van der Waals surface area contributed by atoms with Crippen LogP contribution < -0.4 is 5.32 Å². The number of nitro benzene ring substituents is 1. The third-order valence-electron chi connectivity index (χ3n) is 4.48. The van der Waals surface area contributed by atoms with E-state index in [1.807, 2.05) is 18.2 Å². The standard InChI is InChI=1S/C18H20N2O3/c21-18(11-5-8-14-6-1-3-9-16(14)18)13-19-12-15-7-2-4-10-17(15)20(22)23/h1-4,6-7,9-10,19,21H,5,8,11-13H2. The molecule has 0 radical (unpaired) electrons. The fraction of sp³-hybridized carbons (Fsp3) is 0.333. The van der Waals surface area contributed by atoms with Gasteiger partial charge in [0, 0.05) is 24.7 Å². The molecule has 1 aliphatic rings. The zero-order valence-corrected chi connectivity index (χ0v) is 12.9. The Bertz CT molecular complexity index is 717. The molecule has 1 atom stereocenters. The highest BCUT2D eigenvalue weighted by atomic mass is 16.6. The Morgan fingerprint density at radius 3 is 2.74 bits per heavy atom. The molecule has 0 spiro atoms. The molecule has 0 amide bonds. The van der Waals surface area contributed by atoms with E-state index < -0.39 is 5.60 Å². The van der Waals surface area contributed by atoms with Crippen molar-refractivity contribution in [3.05, 3.63) is 75.3 Å². The molecular weight excluding hydrogens is 292 g/mol. The van der Waals surface area contributed by atoms with Gasteiger partial charge in [-0.15, -0.1) is 0 Å². The van der Waals surface area contributed by atoms with Crippen molar-refractivity contribution in [3.8, 4) is 0 Å². The summed E-state index contributed by atoms with van der Waals surface area (Å²) in [5, 5.41) is 25.2. The fourth-order valence-electron chi connectivity index (χ4n) is 3.32. The number of nitro groups is 1. The van der Waals surface area contributed by atoms with Crippen LogP contribution in [0.2, 0.25) is 0 Å². The number of para-hydroxylation sites is 1.